The van der Waals surface area contributed by atoms with Gasteiger partial charge in [0.2, 0.25) is 6.41 Å². The van der Waals surface area contributed by atoms with E-state index in [1.807, 2.05) is 0 Å². The van der Waals surface area contributed by atoms with Crippen molar-refractivity contribution in [3.8, 4) is 0 Å². The SMILES string of the molecule is O=CN1CCC(O)[C@H]1C(=O)O. The number of rotatable bonds is 2. The number of amides is 1. The van der Waals surface area contributed by atoms with Gasteiger partial charge in [0.25, 0.3) is 0 Å². The van der Waals surface area contributed by atoms with Crippen LogP contribution in [0.3, 0.4) is 0 Å². The van der Waals surface area contributed by atoms with Crippen molar-refractivity contribution < 1.29 is 19.8 Å². The third kappa shape index (κ3) is 1.32. The predicted molar refractivity (Wildman–Crippen MR) is 34.8 cm³/mol. The van der Waals surface area contributed by atoms with Crippen LogP contribution in [0.15, 0.2) is 0 Å². The van der Waals surface area contributed by atoms with Gasteiger partial charge in [0.05, 0.1) is 6.10 Å². The number of aliphatic carboxylic acids is 1. The summed E-state index contributed by atoms with van der Waals surface area (Å²) in [5, 5.41) is 17.6. The standard InChI is InChI=1S/C6H9NO4/c8-3-7-2-1-4(9)5(7)6(10)11/h3-5,9H,1-2H2,(H,10,11)/t4?,5-/m0/s1. The van der Waals surface area contributed by atoms with E-state index in [4.69, 9.17) is 10.2 Å². The number of aliphatic hydroxyl groups is 1. The Balaban J connectivity index is 2.70. The van der Waals surface area contributed by atoms with Crippen LogP contribution in [0.2, 0.25) is 0 Å². The minimum atomic E-state index is -1.15. The summed E-state index contributed by atoms with van der Waals surface area (Å²) in [6.45, 7) is 0.321. The first-order valence-electron chi connectivity index (χ1n) is 3.28. The molecular weight excluding hydrogens is 150 g/mol. The fourth-order valence-corrected chi connectivity index (χ4v) is 1.22. The lowest BCUT2D eigenvalue weighted by Gasteiger charge is -2.16. The van der Waals surface area contributed by atoms with Crippen LogP contribution >= 0.6 is 0 Å². The zero-order valence-corrected chi connectivity index (χ0v) is 5.80. The fourth-order valence-electron chi connectivity index (χ4n) is 1.22. The van der Waals surface area contributed by atoms with E-state index in [1.165, 1.54) is 0 Å². The van der Waals surface area contributed by atoms with E-state index in [0.717, 1.165) is 4.90 Å². The van der Waals surface area contributed by atoms with Crippen molar-refractivity contribution in [2.24, 2.45) is 0 Å². The molecule has 5 nitrogen and oxygen atoms in total. The van der Waals surface area contributed by atoms with Crippen LogP contribution in [0.4, 0.5) is 0 Å². The molecule has 0 aromatic heterocycles. The number of hydrogen-bond donors (Lipinski definition) is 2. The van der Waals surface area contributed by atoms with Crippen molar-refractivity contribution in [3.63, 3.8) is 0 Å². The summed E-state index contributed by atoms with van der Waals surface area (Å²) in [6, 6.07) is -1.05. The summed E-state index contributed by atoms with van der Waals surface area (Å²) < 4.78 is 0. The zero-order chi connectivity index (χ0) is 8.43. The molecule has 0 saturated carbocycles. The fraction of sp³-hybridized carbons (Fsp3) is 0.667. The van der Waals surface area contributed by atoms with Gasteiger partial charge in [-0.15, -0.1) is 0 Å². The summed E-state index contributed by atoms with van der Waals surface area (Å²) in [5.41, 5.74) is 0. The van der Waals surface area contributed by atoms with Crippen LogP contribution in [0.1, 0.15) is 6.42 Å². The molecular formula is C6H9NO4. The number of aliphatic hydroxyl groups excluding tert-OH is 1. The predicted octanol–water partition coefficient (Wildman–Crippen LogP) is -1.34. The second kappa shape index (κ2) is 2.87. The summed E-state index contributed by atoms with van der Waals surface area (Å²) >= 11 is 0. The van der Waals surface area contributed by atoms with Gasteiger partial charge < -0.3 is 15.1 Å². The average Bonchev–Trinajstić information content (AvgIpc) is 2.30. The molecule has 1 heterocycles. The van der Waals surface area contributed by atoms with Crippen molar-refractivity contribution in [3.05, 3.63) is 0 Å². The van der Waals surface area contributed by atoms with Crippen molar-refractivity contribution >= 4 is 12.4 Å². The minimum Gasteiger partial charge on any atom is -0.480 e. The number of carbonyl (C=O) groups excluding carboxylic acids is 1. The first kappa shape index (κ1) is 8.00. The lowest BCUT2D eigenvalue weighted by molar-refractivity contribution is -0.147. The number of carboxylic acid groups (broad SMARTS) is 1. The quantitative estimate of drug-likeness (QED) is 0.489. The first-order chi connectivity index (χ1) is 5.16. The largest absolute Gasteiger partial charge is 0.480 e. The first-order valence-corrected chi connectivity index (χ1v) is 3.28. The lowest BCUT2D eigenvalue weighted by Crippen LogP contribution is -2.40. The summed E-state index contributed by atoms with van der Waals surface area (Å²) in [4.78, 5) is 21.7. The van der Waals surface area contributed by atoms with E-state index >= 15 is 0 Å². The number of nitrogens with zero attached hydrogens (tertiary/aromatic N) is 1. The maximum Gasteiger partial charge on any atom is 0.329 e. The molecule has 1 amide bonds. The van der Waals surface area contributed by atoms with E-state index in [0.29, 0.717) is 19.4 Å². The van der Waals surface area contributed by atoms with Gasteiger partial charge in [0.1, 0.15) is 0 Å². The smallest absolute Gasteiger partial charge is 0.329 e. The van der Waals surface area contributed by atoms with Crippen molar-refractivity contribution in [1.82, 2.24) is 4.90 Å². The number of carbonyl (C=O) groups is 2. The van der Waals surface area contributed by atoms with E-state index in [1.54, 1.807) is 0 Å². The maximum absolute atomic E-state index is 10.4. The zero-order valence-electron chi connectivity index (χ0n) is 5.80. The molecule has 0 bridgehead atoms. The molecule has 1 aliphatic rings. The van der Waals surface area contributed by atoms with Crippen LogP contribution in [0, 0.1) is 0 Å². The molecule has 0 aromatic rings. The average molecular weight is 159 g/mol. The lowest BCUT2D eigenvalue weighted by atomic mass is 10.2. The molecule has 1 fully saturated rings. The van der Waals surface area contributed by atoms with Crippen LogP contribution in [-0.4, -0.2) is 46.2 Å². The molecule has 2 atom stereocenters. The third-order valence-corrected chi connectivity index (χ3v) is 1.79. The van der Waals surface area contributed by atoms with Gasteiger partial charge in [0, 0.05) is 6.54 Å². The Kier molecular flexibility index (Phi) is 2.09. The van der Waals surface area contributed by atoms with Gasteiger partial charge in [-0.2, -0.15) is 0 Å². The highest BCUT2D eigenvalue weighted by Crippen LogP contribution is 2.15. The van der Waals surface area contributed by atoms with Crippen molar-refractivity contribution in [2.45, 2.75) is 18.6 Å². The second-order valence-electron chi connectivity index (χ2n) is 2.48. The highest BCUT2D eigenvalue weighted by molar-refractivity contribution is 5.77. The summed E-state index contributed by atoms with van der Waals surface area (Å²) in [7, 11) is 0. The van der Waals surface area contributed by atoms with Crippen LogP contribution in [-0.2, 0) is 9.59 Å². The molecule has 2 N–H and O–H groups in total. The van der Waals surface area contributed by atoms with Crippen LogP contribution in [0.25, 0.3) is 0 Å². The van der Waals surface area contributed by atoms with Gasteiger partial charge in [-0.3, -0.25) is 4.79 Å². The Bertz CT molecular complexity index is 181. The number of likely N-dealkylation sites (tertiary alicyclic amines) is 1. The number of carboxylic acids is 1. The van der Waals surface area contributed by atoms with E-state index in [-0.39, 0.29) is 0 Å². The van der Waals surface area contributed by atoms with Crippen molar-refractivity contribution in [2.75, 3.05) is 6.54 Å². The summed E-state index contributed by atoms with van der Waals surface area (Å²) in [6.07, 6.45) is -0.122. The topological polar surface area (TPSA) is 77.8 Å². The molecule has 0 spiro atoms. The van der Waals surface area contributed by atoms with Crippen LogP contribution < -0.4 is 0 Å². The van der Waals surface area contributed by atoms with Gasteiger partial charge in [0.15, 0.2) is 6.04 Å². The Morgan fingerprint density at radius 2 is 2.27 bits per heavy atom. The van der Waals surface area contributed by atoms with Gasteiger partial charge in [-0.05, 0) is 6.42 Å². The van der Waals surface area contributed by atoms with Gasteiger partial charge >= 0.3 is 5.97 Å². The highest BCUT2D eigenvalue weighted by atomic mass is 16.4. The molecule has 1 rings (SSSR count). The molecule has 62 valence electrons. The second-order valence-corrected chi connectivity index (χ2v) is 2.48. The molecule has 5 heteroatoms. The maximum atomic E-state index is 10.4. The van der Waals surface area contributed by atoms with E-state index in [9.17, 15) is 9.59 Å². The van der Waals surface area contributed by atoms with Crippen molar-refractivity contribution in [1.29, 1.82) is 0 Å². The molecule has 0 aromatic carbocycles. The monoisotopic (exact) mass is 159 g/mol. The molecule has 0 aliphatic carbocycles. The molecule has 11 heavy (non-hydrogen) atoms. The van der Waals surface area contributed by atoms with E-state index < -0.39 is 18.1 Å². The van der Waals surface area contributed by atoms with Crippen LogP contribution in [0.5, 0.6) is 0 Å². The molecule has 0 radical (unpaired) electrons. The minimum absolute atomic E-state index is 0.321. The Hall–Kier alpha value is -1.10. The Morgan fingerprint density at radius 1 is 1.64 bits per heavy atom. The highest BCUT2D eigenvalue weighted by Gasteiger charge is 2.37. The Labute approximate surface area is 63.2 Å². The molecule has 1 aliphatic heterocycles. The van der Waals surface area contributed by atoms with Gasteiger partial charge in [-0.25, -0.2) is 4.79 Å². The molecule has 1 unspecified atom stereocenters. The molecule has 1 saturated heterocycles. The van der Waals surface area contributed by atoms with E-state index in [2.05, 4.69) is 0 Å². The van der Waals surface area contributed by atoms with Gasteiger partial charge in [-0.1, -0.05) is 0 Å². The Morgan fingerprint density at radius 3 is 2.64 bits per heavy atom. The number of hydrogen-bond acceptors (Lipinski definition) is 3. The summed E-state index contributed by atoms with van der Waals surface area (Å²) in [5.74, 6) is -1.15. The third-order valence-electron chi connectivity index (χ3n) is 1.79. The normalized spacial score (nSPS) is 30.5.